The van der Waals surface area contributed by atoms with E-state index in [2.05, 4.69) is 30.0 Å². The van der Waals surface area contributed by atoms with E-state index in [0.29, 0.717) is 6.54 Å². The van der Waals surface area contributed by atoms with Gasteiger partial charge in [-0.1, -0.05) is 36.4 Å². The number of rotatable bonds is 4. The lowest BCUT2D eigenvalue weighted by Gasteiger charge is -2.26. The fourth-order valence-corrected chi connectivity index (χ4v) is 2.87. The van der Waals surface area contributed by atoms with Gasteiger partial charge in [0.05, 0.1) is 6.54 Å². The van der Waals surface area contributed by atoms with Gasteiger partial charge in [-0.05, 0) is 37.1 Å². The minimum absolute atomic E-state index is 0.172. The molecule has 0 fully saturated rings. The van der Waals surface area contributed by atoms with Crippen LogP contribution >= 0.6 is 0 Å². The molecule has 3 rings (SSSR count). The van der Waals surface area contributed by atoms with Gasteiger partial charge in [-0.3, -0.25) is 4.79 Å². The van der Waals surface area contributed by atoms with Crippen LogP contribution in [0, 0.1) is 0 Å². The van der Waals surface area contributed by atoms with Crippen LogP contribution in [0.15, 0.2) is 54.6 Å². The first kappa shape index (κ1) is 13.7. The third-order valence-corrected chi connectivity index (χ3v) is 4.02. The number of likely N-dealkylation sites (N-methyl/N-ethyl adjacent to an activating group) is 1. The summed E-state index contributed by atoms with van der Waals surface area (Å²) in [6, 6.07) is 18.3. The molecule has 1 aliphatic rings. The molecule has 3 nitrogen and oxygen atoms in total. The van der Waals surface area contributed by atoms with Gasteiger partial charge in [0, 0.05) is 24.5 Å². The highest BCUT2D eigenvalue weighted by atomic mass is 16.2. The number of fused-ring (bicyclic) bond motifs is 1. The molecule has 2 aromatic rings. The van der Waals surface area contributed by atoms with E-state index < -0.39 is 0 Å². The lowest BCUT2D eigenvalue weighted by molar-refractivity contribution is -0.117. The van der Waals surface area contributed by atoms with Crippen molar-refractivity contribution in [2.75, 3.05) is 29.4 Å². The van der Waals surface area contributed by atoms with Crippen LogP contribution in [0.5, 0.6) is 0 Å². The number of hydrogen-bond acceptors (Lipinski definition) is 2. The summed E-state index contributed by atoms with van der Waals surface area (Å²) in [6.45, 7) is 4.13. The van der Waals surface area contributed by atoms with Crippen molar-refractivity contribution in [1.29, 1.82) is 0 Å². The average Bonchev–Trinajstić information content (AvgIpc) is 2.97. The largest absolute Gasteiger partial charge is 0.362 e. The van der Waals surface area contributed by atoms with E-state index in [1.165, 1.54) is 5.56 Å². The molecule has 1 amide bonds. The van der Waals surface area contributed by atoms with Crippen molar-refractivity contribution in [2.24, 2.45) is 0 Å². The molecule has 3 heteroatoms. The standard InChI is InChI=1S/C18H20N2O/c1-2-19(16-9-4-3-5-10-16)14-18(21)20-13-12-15-8-6-7-11-17(15)20/h3-11H,2,12-14H2,1H3. The van der Waals surface area contributed by atoms with Crippen molar-refractivity contribution in [3.8, 4) is 0 Å². The molecule has 0 unspecified atom stereocenters. The molecular formula is C18H20N2O. The van der Waals surface area contributed by atoms with Crippen LogP contribution in [0.2, 0.25) is 0 Å². The summed E-state index contributed by atoms with van der Waals surface area (Å²) in [5.41, 5.74) is 3.45. The van der Waals surface area contributed by atoms with Gasteiger partial charge in [0.15, 0.2) is 0 Å². The molecule has 1 heterocycles. The molecule has 0 saturated carbocycles. The maximum atomic E-state index is 12.6. The number of hydrogen-bond donors (Lipinski definition) is 0. The maximum Gasteiger partial charge on any atom is 0.246 e. The zero-order valence-corrected chi connectivity index (χ0v) is 12.3. The Bertz CT molecular complexity index is 624. The predicted octanol–water partition coefficient (Wildman–Crippen LogP) is 3.10. The van der Waals surface area contributed by atoms with Gasteiger partial charge >= 0.3 is 0 Å². The molecule has 0 aliphatic carbocycles. The summed E-state index contributed by atoms with van der Waals surface area (Å²) < 4.78 is 0. The summed E-state index contributed by atoms with van der Waals surface area (Å²) in [7, 11) is 0. The molecule has 0 N–H and O–H groups in total. The number of nitrogens with zero attached hydrogens (tertiary/aromatic N) is 2. The van der Waals surface area contributed by atoms with Crippen LogP contribution < -0.4 is 9.80 Å². The van der Waals surface area contributed by atoms with Crippen LogP contribution in [-0.2, 0) is 11.2 Å². The van der Waals surface area contributed by atoms with Crippen molar-refractivity contribution in [3.63, 3.8) is 0 Å². The number of carbonyl (C=O) groups is 1. The van der Waals surface area contributed by atoms with Crippen molar-refractivity contribution >= 4 is 17.3 Å². The normalized spacial score (nSPS) is 13.1. The number of para-hydroxylation sites is 2. The van der Waals surface area contributed by atoms with E-state index in [4.69, 9.17) is 0 Å². The van der Waals surface area contributed by atoms with E-state index in [0.717, 1.165) is 30.9 Å². The van der Waals surface area contributed by atoms with Crippen molar-refractivity contribution < 1.29 is 4.79 Å². The first-order chi connectivity index (χ1) is 10.3. The van der Waals surface area contributed by atoms with E-state index in [-0.39, 0.29) is 5.91 Å². The molecule has 21 heavy (non-hydrogen) atoms. The Labute approximate surface area is 125 Å². The van der Waals surface area contributed by atoms with Gasteiger partial charge in [0.25, 0.3) is 0 Å². The average molecular weight is 280 g/mol. The van der Waals surface area contributed by atoms with E-state index in [1.807, 2.05) is 41.3 Å². The zero-order valence-electron chi connectivity index (χ0n) is 12.3. The number of anilines is 2. The fraction of sp³-hybridized carbons (Fsp3) is 0.278. The van der Waals surface area contributed by atoms with Gasteiger partial charge < -0.3 is 9.80 Å². The lowest BCUT2D eigenvalue weighted by atomic mass is 10.2. The minimum Gasteiger partial charge on any atom is -0.362 e. The second kappa shape index (κ2) is 6.00. The van der Waals surface area contributed by atoms with Gasteiger partial charge in [-0.2, -0.15) is 0 Å². The quantitative estimate of drug-likeness (QED) is 0.859. The van der Waals surface area contributed by atoms with Gasteiger partial charge in [0.1, 0.15) is 0 Å². The molecule has 0 spiro atoms. The summed E-state index contributed by atoms with van der Waals surface area (Å²) in [6.07, 6.45) is 0.958. The molecule has 0 aromatic heterocycles. The summed E-state index contributed by atoms with van der Waals surface area (Å²) >= 11 is 0. The number of carbonyl (C=O) groups excluding carboxylic acids is 1. The Hall–Kier alpha value is -2.29. The SMILES string of the molecule is CCN(CC(=O)N1CCc2ccccc21)c1ccccc1. The Morgan fingerprint density at radius 1 is 1.10 bits per heavy atom. The molecule has 0 radical (unpaired) electrons. The van der Waals surface area contributed by atoms with Crippen LogP contribution in [0.25, 0.3) is 0 Å². The van der Waals surface area contributed by atoms with Crippen LogP contribution in [-0.4, -0.2) is 25.5 Å². The van der Waals surface area contributed by atoms with E-state index >= 15 is 0 Å². The Kier molecular flexibility index (Phi) is 3.91. The van der Waals surface area contributed by atoms with Crippen molar-refractivity contribution in [2.45, 2.75) is 13.3 Å². The number of benzene rings is 2. The molecule has 0 atom stereocenters. The van der Waals surface area contributed by atoms with Crippen molar-refractivity contribution in [1.82, 2.24) is 0 Å². The smallest absolute Gasteiger partial charge is 0.246 e. The van der Waals surface area contributed by atoms with Gasteiger partial charge in [0.2, 0.25) is 5.91 Å². The topological polar surface area (TPSA) is 23.6 Å². The molecule has 0 saturated heterocycles. The summed E-state index contributed by atoms with van der Waals surface area (Å²) in [5.74, 6) is 0.172. The van der Waals surface area contributed by atoms with Gasteiger partial charge in [-0.15, -0.1) is 0 Å². The highest BCUT2D eigenvalue weighted by Crippen LogP contribution is 2.27. The second-order valence-electron chi connectivity index (χ2n) is 5.27. The maximum absolute atomic E-state index is 12.6. The highest BCUT2D eigenvalue weighted by molar-refractivity contribution is 5.98. The molecule has 2 aromatic carbocycles. The first-order valence-corrected chi connectivity index (χ1v) is 7.48. The predicted molar refractivity (Wildman–Crippen MR) is 86.8 cm³/mol. The Balaban J connectivity index is 1.75. The summed E-state index contributed by atoms with van der Waals surface area (Å²) in [4.78, 5) is 16.7. The van der Waals surface area contributed by atoms with Crippen LogP contribution in [0.3, 0.4) is 0 Å². The Morgan fingerprint density at radius 3 is 2.57 bits per heavy atom. The van der Waals surface area contributed by atoms with Gasteiger partial charge in [-0.25, -0.2) is 0 Å². The Morgan fingerprint density at radius 2 is 1.81 bits per heavy atom. The number of amides is 1. The van der Waals surface area contributed by atoms with Crippen LogP contribution in [0.4, 0.5) is 11.4 Å². The third kappa shape index (κ3) is 2.77. The second-order valence-corrected chi connectivity index (χ2v) is 5.27. The first-order valence-electron chi connectivity index (χ1n) is 7.48. The minimum atomic E-state index is 0.172. The zero-order chi connectivity index (χ0) is 14.7. The van der Waals surface area contributed by atoms with E-state index in [9.17, 15) is 4.79 Å². The monoisotopic (exact) mass is 280 g/mol. The lowest BCUT2D eigenvalue weighted by Crippen LogP contribution is -2.39. The molecule has 0 bridgehead atoms. The van der Waals surface area contributed by atoms with E-state index in [1.54, 1.807) is 0 Å². The fourth-order valence-electron chi connectivity index (χ4n) is 2.87. The van der Waals surface area contributed by atoms with Crippen molar-refractivity contribution in [3.05, 3.63) is 60.2 Å². The van der Waals surface area contributed by atoms with Crippen LogP contribution in [0.1, 0.15) is 12.5 Å². The molecule has 1 aliphatic heterocycles. The molecular weight excluding hydrogens is 260 g/mol. The molecule has 108 valence electrons. The third-order valence-electron chi connectivity index (χ3n) is 4.02. The highest BCUT2D eigenvalue weighted by Gasteiger charge is 2.25. The summed E-state index contributed by atoms with van der Waals surface area (Å²) in [5, 5.41) is 0.